The molecule has 0 bridgehead atoms. The molecule has 2 aromatic rings. The van der Waals surface area contributed by atoms with Gasteiger partial charge < -0.3 is 93.6 Å². The van der Waals surface area contributed by atoms with Gasteiger partial charge in [0, 0.05) is 109 Å². The fourth-order valence-electron chi connectivity index (χ4n) is 8.94. The molecule has 15 N–H and O–H groups in total. The molecule has 7 rings (SSSR count). The monoisotopic (exact) mass is 1300 g/mol. The molecule has 5 aliphatic rings. The second kappa shape index (κ2) is 45.5. The molecular formula is C68H130N14O10. The molecule has 1 aromatic heterocycles. The second-order valence-electron chi connectivity index (χ2n) is 28.6. The molecule has 5 saturated heterocycles. The van der Waals surface area contributed by atoms with Crippen molar-refractivity contribution < 1.29 is 47.7 Å². The molecule has 5 amide bonds. The summed E-state index contributed by atoms with van der Waals surface area (Å²) in [5.74, 6) is 1.45. The smallest absolute Gasteiger partial charge is 0.410 e. The first kappa shape index (κ1) is 86.2. The number of unbranched alkanes of at least 4 members (excludes halogenated alkanes) is 1. The maximum atomic E-state index is 11.7. The van der Waals surface area contributed by atoms with Crippen LogP contribution in [0.2, 0.25) is 0 Å². The van der Waals surface area contributed by atoms with Crippen molar-refractivity contribution in [2.45, 2.75) is 216 Å². The Balaban J connectivity index is 0.00000105. The predicted octanol–water partition coefficient (Wildman–Crippen LogP) is 9.50. The number of hydrogen-bond donors (Lipinski definition) is 8. The Bertz CT molecular complexity index is 2200. The molecule has 0 unspecified atom stereocenters. The van der Waals surface area contributed by atoms with E-state index in [1.165, 1.54) is 12.8 Å². The predicted molar refractivity (Wildman–Crippen MR) is 371 cm³/mol. The fraction of sp³-hybridized carbons (Fsp3) is 0.765. The molecule has 5 fully saturated rings. The van der Waals surface area contributed by atoms with Crippen molar-refractivity contribution in [1.29, 1.82) is 0 Å². The highest BCUT2D eigenvalue weighted by Gasteiger charge is 2.30. The third-order valence-electron chi connectivity index (χ3n) is 13.9. The molecule has 1 aromatic carbocycles. The largest absolute Gasteiger partial charge is 0.444 e. The van der Waals surface area contributed by atoms with Gasteiger partial charge in [0.1, 0.15) is 28.0 Å². The lowest BCUT2D eigenvalue weighted by molar-refractivity contribution is 0.0161. The van der Waals surface area contributed by atoms with Gasteiger partial charge in [0.05, 0.1) is 0 Å². The van der Waals surface area contributed by atoms with E-state index >= 15 is 0 Å². The van der Waals surface area contributed by atoms with Crippen LogP contribution in [0.15, 0.2) is 54.9 Å². The number of rotatable bonds is 6. The second-order valence-corrected chi connectivity index (χ2v) is 28.6. The normalized spacial score (nSPS) is 18.0. The standard InChI is InChI=1S/3C11H22N2O2.C10H20N2O2.C9H18N2O2.C6H8N2.C6H7N.C4H11N/c1-11(2,3)15-10(14)13-6-4-9(8-12)5-7-13;2*1-11(2,3)15-10(14)13-6-4-5-9(7-12)8-13;1-10(2,3)14-9(13)12-6-4-8(11)5-7-12;1-9(2,3)13-8(12)11-6-4-10-5-7-11;7-4-6-2-1-3-8-5-6;7-6-4-2-1-3-5-6;1-2-3-4-5/h3*9H,4-8,12H2,1-3H3;8H,4-7,11H2,1-3H3;10H,4-7H2,1-3H3;1-3,5H,4,7H2;1-5H,7H2;2-5H2,1H3/t;2*9-;;;;;/m.10...../s1. The minimum Gasteiger partial charge on any atom is -0.444 e. The van der Waals surface area contributed by atoms with Gasteiger partial charge in [-0.1, -0.05) is 37.6 Å². The van der Waals surface area contributed by atoms with Crippen molar-refractivity contribution in [2.24, 2.45) is 52.2 Å². The van der Waals surface area contributed by atoms with E-state index in [0.717, 1.165) is 154 Å². The number of ether oxygens (including phenoxy) is 5. The maximum absolute atomic E-state index is 11.7. The highest BCUT2D eigenvalue weighted by atomic mass is 16.6. The molecule has 92 heavy (non-hydrogen) atoms. The average molecular weight is 1300 g/mol. The number of pyridine rings is 1. The topological polar surface area (TPSA) is 355 Å². The Kier molecular flexibility index (Phi) is 42.7. The summed E-state index contributed by atoms with van der Waals surface area (Å²) in [7, 11) is 0. The van der Waals surface area contributed by atoms with Gasteiger partial charge in [-0.05, 0) is 229 Å². The zero-order valence-corrected chi connectivity index (χ0v) is 59.9. The summed E-state index contributed by atoms with van der Waals surface area (Å²) < 4.78 is 26.4. The third-order valence-corrected chi connectivity index (χ3v) is 13.9. The highest BCUT2D eigenvalue weighted by Crippen LogP contribution is 2.22. The first-order valence-electron chi connectivity index (χ1n) is 33.4. The number of nitrogens with one attached hydrogen (secondary N) is 1. The van der Waals surface area contributed by atoms with Crippen molar-refractivity contribution in [3.05, 3.63) is 60.4 Å². The molecule has 24 nitrogen and oxygen atoms in total. The summed E-state index contributed by atoms with van der Waals surface area (Å²) in [4.78, 5) is 70.9. The summed E-state index contributed by atoms with van der Waals surface area (Å²) in [5.41, 5.74) is 38.3. The van der Waals surface area contributed by atoms with Crippen LogP contribution in [-0.2, 0) is 30.2 Å². The van der Waals surface area contributed by atoms with Gasteiger partial charge in [-0.2, -0.15) is 0 Å². The van der Waals surface area contributed by atoms with Crippen LogP contribution < -0.4 is 45.5 Å². The number of nitrogens with two attached hydrogens (primary N) is 7. The van der Waals surface area contributed by atoms with Crippen LogP contribution in [0.3, 0.4) is 0 Å². The first-order valence-corrected chi connectivity index (χ1v) is 33.4. The number of likely N-dealkylation sites (tertiary alicyclic amines) is 4. The van der Waals surface area contributed by atoms with Crippen molar-refractivity contribution in [1.82, 2.24) is 34.8 Å². The summed E-state index contributed by atoms with van der Waals surface area (Å²) in [5, 5.41) is 3.18. The summed E-state index contributed by atoms with van der Waals surface area (Å²) >= 11 is 0. The minimum atomic E-state index is -0.410. The number of anilines is 1. The molecule has 0 saturated carbocycles. The lowest BCUT2D eigenvalue weighted by Crippen LogP contribution is -2.48. The fourth-order valence-corrected chi connectivity index (χ4v) is 8.94. The Labute approximate surface area is 555 Å². The molecule has 532 valence electrons. The quantitative estimate of drug-likeness (QED) is 0.0985. The number of para-hydroxylation sites is 1. The SMILES string of the molecule is CC(C)(C)OC(=O)N1CCC(CN)CC1.CC(C)(C)OC(=O)N1CCC(N)CC1.CC(C)(C)OC(=O)N1CCC[C@@H](CN)C1.CC(C)(C)OC(=O)N1CCC[C@H](CN)C1.CC(C)(C)OC(=O)N1CCNCC1.CCCCN.NCc1cccnc1.Nc1ccccc1. The van der Waals surface area contributed by atoms with Crippen LogP contribution in [0.1, 0.15) is 181 Å². The zero-order valence-electron chi connectivity index (χ0n) is 59.9. The van der Waals surface area contributed by atoms with Crippen molar-refractivity contribution in [3.8, 4) is 0 Å². The molecule has 6 heterocycles. The summed E-state index contributed by atoms with van der Waals surface area (Å²) in [6.45, 7) is 43.1. The van der Waals surface area contributed by atoms with Gasteiger partial charge in [0.2, 0.25) is 0 Å². The van der Waals surface area contributed by atoms with Gasteiger partial charge in [-0.25, -0.2) is 24.0 Å². The Morgan fingerprint density at radius 1 is 0.478 bits per heavy atom. The number of benzene rings is 1. The summed E-state index contributed by atoms with van der Waals surface area (Å²) in [6.07, 6.45) is 12.9. The van der Waals surface area contributed by atoms with E-state index in [0.29, 0.717) is 37.4 Å². The van der Waals surface area contributed by atoms with Crippen LogP contribution in [0, 0.1) is 17.8 Å². The van der Waals surface area contributed by atoms with Gasteiger partial charge in [-0.15, -0.1) is 0 Å². The van der Waals surface area contributed by atoms with Crippen molar-refractivity contribution in [3.63, 3.8) is 0 Å². The molecule has 0 spiro atoms. The van der Waals surface area contributed by atoms with Crippen LogP contribution in [-0.4, -0.2) is 199 Å². The van der Waals surface area contributed by atoms with E-state index in [1.54, 1.807) is 36.9 Å². The van der Waals surface area contributed by atoms with E-state index in [1.807, 2.05) is 146 Å². The Morgan fingerprint density at radius 3 is 1.11 bits per heavy atom. The van der Waals surface area contributed by atoms with E-state index in [2.05, 4.69) is 17.2 Å². The molecule has 5 aliphatic heterocycles. The first-order chi connectivity index (χ1) is 42.9. The zero-order chi connectivity index (χ0) is 70.1. The Hall–Kier alpha value is -5.76. The average Bonchev–Trinajstić information content (AvgIpc) is 1.79. The number of amides is 5. The van der Waals surface area contributed by atoms with E-state index in [-0.39, 0.29) is 42.1 Å². The van der Waals surface area contributed by atoms with E-state index < -0.39 is 22.4 Å². The van der Waals surface area contributed by atoms with E-state index in [9.17, 15) is 24.0 Å². The molecular weight excluding hydrogens is 1170 g/mol. The third kappa shape index (κ3) is 45.5. The van der Waals surface area contributed by atoms with Crippen LogP contribution >= 0.6 is 0 Å². The van der Waals surface area contributed by atoms with Crippen molar-refractivity contribution >= 4 is 36.2 Å². The summed E-state index contributed by atoms with van der Waals surface area (Å²) in [6, 6.07) is 13.6. The number of hydrogen-bond acceptors (Lipinski definition) is 19. The van der Waals surface area contributed by atoms with Crippen LogP contribution in [0.25, 0.3) is 0 Å². The lowest BCUT2D eigenvalue weighted by atomic mass is 9.97. The van der Waals surface area contributed by atoms with Gasteiger partial charge >= 0.3 is 30.5 Å². The number of aromatic nitrogens is 1. The molecule has 24 heteroatoms. The minimum absolute atomic E-state index is 0.196. The van der Waals surface area contributed by atoms with Gasteiger partial charge in [0.25, 0.3) is 0 Å². The Morgan fingerprint density at radius 2 is 0.837 bits per heavy atom. The number of nitrogen functional groups attached to an aromatic ring is 1. The maximum Gasteiger partial charge on any atom is 0.410 e. The lowest BCUT2D eigenvalue weighted by Gasteiger charge is -2.33. The van der Waals surface area contributed by atoms with Crippen LogP contribution in [0.5, 0.6) is 0 Å². The van der Waals surface area contributed by atoms with Gasteiger partial charge in [-0.3, -0.25) is 4.98 Å². The van der Waals surface area contributed by atoms with E-state index in [4.69, 9.17) is 63.8 Å². The number of piperazine rings is 1. The highest BCUT2D eigenvalue weighted by molar-refractivity contribution is 5.70. The number of piperidine rings is 4. The van der Waals surface area contributed by atoms with Crippen molar-refractivity contribution in [2.75, 3.05) is 110 Å². The van der Waals surface area contributed by atoms with Crippen LogP contribution in [0.4, 0.5) is 29.7 Å². The number of carbonyl (C=O) groups excluding carboxylic acids is 5. The number of nitrogens with zero attached hydrogens (tertiary/aromatic N) is 6. The number of carbonyl (C=O) groups is 5. The van der Waals surface area contributed by atoms with Gasteiger partial charge in [0.15, 0.2) is 0 Å². The molecule has 2 atom stereocenters. The molecule has 0 radical (unpaired) electrons. The molecule has 0 aliphatic carbocycles.